The van der Waals surface area contributed by atoms with Crippen LogP contribution in [0.15, 0.2) is 12.2 Å². The summed E-state index contributed by atoms with van der Waals surface area (Å²) in [7, 11) is 0. The normalized spacial score (nSPS) is 12.5. The topological polar surface area (TPSA) is 95.9 Å². The lowest BCUT2D eigenvalue weighted by Gasteiger charge is -2.22. The van der Waals surface area contributed by atoms with Crippen molar-refractivity contribution in [2.75, 3.05) is 13.2 Å². The molecule has 494 valence electrons. The number of hydrogen-bond donors (Lipinski definition) is 3. The summed E-state index contributed by atoms with van der Waals surface area (Å²) >= 11 is 0. The Kier molecular flexibility index (Phi) is 71.8. The molecule has 0 aromatic carbocycles. The summed E-state index contributed by atoms with van der Waals surface area (Å²) < 4.78 is 5.50. The molecular formula is C77H151NO5. The second kappa shape index (κ2) is 73.1. The van der Waals surface area contributed by atoms with Crippen molar-refractivity contribution in [3.8, 4) is 0 Å². The monoisotopic (exact) mass is 1170 g/mol. The zero-order chi connectivity index (χ0) is 59.9. The number of unbranched alkanes of at least 4 members (excludes halogenated alkanes) is 60. The van der Waals surface area contributed by atoms with Crippen LogP contribution in [-0.2, 0) is 14.3 Å². The molecule has 0 saturated carbocycles. The molecule has 0 aliphatic rings. The molecule has 0 aromatic rings. The Balaban J connectivity index is 3.34. The van der Waals surface area contributed by atoms with Crippen LogP contribution in [0.5, 0.6) is 0 Å². The van der Waals surface area contributed by atoms with E-state index >= 15 is 0 Å². The van der Waals surface area contributed by atoms with Gasteiger partial charge in [-0.3, -0.25) is 9.59 Å². The van der Waals surface area contributed by atoms with Gasteiger partial charge in [-0.1, -0.05) is 392 Å². The van der Waals surface area contributed by atoms with Gasteiger partial charge >= 0.3 is 5.97 Å². The molecule has 2 atom stereocenters. The molecule has 0 spiro atoms. The maximum atomic E-state index is 12.6. The van der Waals surface area contributed by atoms with Gasteiger partial charge in [-0.2, -0.15) is 0 Å². The van der Waals surface area contributed by atoms with Crippen LogP contribution in [0.25, 0.3) is 0 Å². The summed E-state index contributed by atoms with van der Waals surface area (Å²) in [4.78, 5) is 24.6. The predicted molar refractivity (Wildman–Crippen MR) is 366 cm³/mol. The number of hydrogen-bond acceptors (Lipinski definition) is 5. The fraction of sp³-hybridized carbons (Fsp3) is 0.948. The standard InChI is InChI=1S/C77H151NO5/c1-3-5-7-9-11-13-15-17-19-20-21-22-32-35-38-42-45-49-53-57-61-65-69-75(80)74(73-79)78-76(81)70-66-62-58-54-50-46-43-39-36-33-30-28-26-24-23-25-27-29-31-34-37-40-44-48-52-56-60-64-68-72-83-77(82)71-67-63-59-55-51-47-41-18-16-14-12-10-8-6-4-2/h18,41,74-75,79-80H,3-17,19-40,42-73H2,1-2H3,(H,78,81)/b41-18-. The molecule has 6 heteroatoms. The number of nitrogens with one attached hydrogen (secondary N) is 1. The van der Waals surface area contributed by atoms with Crippen molar-refractivity contribution in [3.05, 3.63) is 12.2 Å². The first-order valence-electron chi connectivity index (χ1n) is 38.4. The van der Waals surface area contributed by atoms with E-state index in [1.165, 1.54) is 366 Å². The number of rotatable bonds is 73. The molecule has 0 aromatic heterocycles. The maximum Gasteiger partial charge on any atom is 0.305 e. The fourth-order valence-corrected chi connectivity index (χ4v) is 12.5. The molecule has 6 nitrogen and oxygen atoms in total. The summed E-state index contributed by atoms with van der Waals surface area (Å²) in [6.45, 7) is 5.00. The molecule has 0 rings (SSSR count). The number of aliphatic hydroxyl groups excluding tert-OH is 2. The Hall–Kier alpha value is -1.40. The minimum atomic E-state index is -0.662. The Bertz CT molecular complexity index is 1260. The highest BCUT2D eigenvalue weighted by Crippen LogP contribution is 2.20. The van der Waals surface area contributed by atoms with Gasteiger partial charge in [-0.15, -0.1) is 0 Å². The van der Waals surface area contributed by atoms with Crippen molar-refractivity contribution in [1.29, 1.82) is 0 Å². The summed E-state index contributed by atoms with van der Waals surface area (Å²) in [5, 5.41) is 23.5. The lowest BCUT2D eigenvalue weighted by Crippen LogP contribution is -2.45. The van der Waals surface area contributed by atoms with Crippen LogP contribution in [0, 0.1) is 0 Å². The van der Waals surface area contributed by atoms with Crippen LogP contribution in [0.2, 0.25) is 0 Å². The quantitative estimate of drug-likeness (QED) is 0.0320. The molecule has 1 amide bonds. The molecule has 3 N–H and O–H groups in total. The van der Waals surface area contributed by atoms with Gasteiger partial charge in [-0.25, -0.2) is 0 Å². The summed E-state index contributed by atoms with van der Waals surface area (Å²) in [6, 6.07) is -0.539. The third-order valence-electron chi connectivity index (χ3n) is 18.3. The van der Waals surface area contributed by atoms with E-state index in [9.17, 15) is 19.8 Å². The van der Waals surface area contributed by atoms with E-state index in [-0.39, 0.29) is 18.5 Å². The summed E-state index contributed by atoms with van der Waals surface area (Å²) in [5.41, 5.74) is 0. The maximum absolute atomic E-state index is 12.6. The molecular weight excluding hydrogens is 1020 g/mol. The van der Waals surface area contributed by atoms with Crippen LogP contribution in [-0.4, -0.2) is 47.4 Å². The molecule has 0 radical (unpaired) electrons. The van der Waals surface area contributed by atoms with E-state index in [4.69, 9.17) is 4.74 Å². The Morgan fingerprint density at radius 2 is 0.566 bits per heavy atom. The number of allylic oxidation sites excluding steroid dienone is 2. The largest absolute Gasteiger partial charge is 0.466 e. The highest BCUT2D eigenvalue weighted by Gasteiger charge is 2.20. The zero-order valence-electron chi connectivity index (χ0n) is 56.7. The second-order valence-electron chi connectivity index (χ2n) is 26.7. The van der Waals surface area contributed by atoms with Gasteiger partial charge in [0.05, 0.1) is 25.4 Å². The second-order valence-corrected chi connectivity index (χ2v) is 26.7. The van der Waals surface area contributed by atoms with E-state index in [0.29, 0.717) is 25.9 Å². The molecule has 2 unspecified atom stereocenters. The van der Waals surface area contributed by atoms with Gasteiger partial charge < -0.3 is 20.3 Å². The van der Waals surface area contributed by atoms with Crippen LogP contribution < -0.4 is 5.32 Å². The van der Waals surface area contributed by atoms with Crippen LogP contribution in [0.4, 0.5) is 0 Å². The summed E-state index contributed by atoms with van der Waals surface area (Å²) in [5.74, 6) is -0.0130. The van der Waals surface area contributed by atoms with Crippen molar-refractivity contribution in [2.24, 2.45) is 0 Å². The molecule has 0 heterocycles. The third-order valence-corrected chi connectivity index (χ3v) is 18.3. The molecule has 0 aliphatic carbocycles. The molecule has 0 saturated heterocycles. The smallest absolute Gasteiger partial charge is 0.305 e. The van der Waals surface area contributed by atoms with Crippen LogP contribution in [0.1, 0.15) is 444 Å². The van der Waals surface area contributed by atoms with Crippen molar-refractivity contribution >= 4 is 11.9 Å². The number of ether oxygens (including phenoxy) is 1. The Morgan fingerprint density at radius 3 is 0.855 bits per heavy atom. The first-order chi connectivity index (χ1) is 41.0. The number of esters is 1. The lowest BCUT2D eigenvalue weighted by atomic mass is 10.0. The third kappa shape index (κ3) is 69.6. The number of carbonyl (C=O) groups is 2. The number of carbonyl (C=O) groups excluding carboxylic acids is 2. The van der Waals surface area contributed by atoms with Crippen molar-refractivity contribution in [3.63, 3.8) is 0 Å². The highest BCUT2D eigenvalue weighted by atomic mass is 16.5. The molecule has 0 fully saturated rings. The van der Waals surface area contributed by atoms with Crippen LogP contribution in [0.3, 0.4) is 0 Å². The van der Waals surface area contributed by atoms with Gasteiger partial charge in [0.2, 0.25) is 5.91 Å². The first-order valence-corrected chi connectivity index (χ1v) is 38.4. The highest BCUT2D eigenvalue weighted by molar-refractivity contribution is 5.76. The minimum absolute atomic E-state index is 0.0128. The van der Waals surface area contributed by atoms with E-state index < -0.39 is 12.1 Å². The van der Waals surface area contributed by atoms with Gasteiger partial charge in [-0.05, 0) is 51.4 Å². The Labute approximate surface area is 520 Å². The van der Waals surface area contributed by atoms with Gasteiger partial charge in [0.25, 0.3) is 0 Å². The minimum Gasteiger partial charge on any atom is -0.466 e. The van der Waals surface area contributed by atoms with Crippen molar-refractivity contribution in [2.45, 2.75) is 456 Å². The van der Waals surface area contributed by atoms with E-state index in [1.807, 2.05) is 0 Å². The molecule has 83 heavy (non-hydrogen) atoms. The van der Waals surface area contributed by atoms with Crippen LogP contribution >= 0.6 is 0 Å². The fourth-order valence-electron chi connectivity index (χ4n) is 12.5. The number of amides is 1. The zero-order valence-corrected chi connectivity index (χ0v) is 56.7. The lowest BCUT2D eigenvalue weighted by molar-refractivity contribution is -0.143. The SMILES string of the molecule is CCCCCCCC/C=C\CCCCCCCC(=O)OCCCCCCCCCCCCCCCCCCCCCCCCCCCCCCCC(=O)NC(CO)C(O)CCCCCCCCCCCCCCCCCCCCCCCC. The van der Waals surface area contributed by atoms with Crippen molar-refractivity contribution in [1.82, 2.24) is 5.32 Å². The average molecular weight is 1170 g/mol. The predicted octanol–water partition coefficient (Wildman–Crippen LogP) is 25.1. The first kappa shape index (κ1) is 81.6. The van der Waals surface area contributed by atoms with Gasteiger partial charge in [0, 0.05) is 12.8 Å². The molecule has 0 bridgehead atoms. The van der Waals surface area contributed by atoms with Gasteiger partial charge in [0.15, 0.2) is 0 Å². The summed E-state index contributed by atoms with van der Waals surface area (Å²) in [6.07, 6.45) is 91.5. The van der Waals surface area contributed by atoms with Crippen molar-refractivity contribution < 1.29 is 24.5 Å². The molecule has 0 aliphatic heterocycles. The van der Waals surface area contributed by atoms with Gasteiger partial charge in [0.1, 0.15) is 0 Å². The van der Waals surface area contributed by atoms with E-state index in [2.05, 4.69) is 31.3 Å². The van der Waals surface area contributed by atoms with E-state index in [0.717, 1.165) is 44.9 Å². The van der Waals surface area contributed by atoms with E-state index in [1.54, 1.807) is 0 Å². The average Bonchev–Trinajstić information content (AvgIpc) is 3.49. The number of aliphatic hydroxyl groups is 2. The Morgan fingerprint density at radius 1 is 0.325 bits per heavy atom.